The van der Waals surface area contributed by atoms with E-state index in [0.29, 0.717) is 13.2 Å². The van der Waals surface area contributed by atoms with Gasteiger partial charge in [-0.25, -0.2) is 0 Å². The van der Waals surface area contributed by atoms with Crippen LogP contribution in [-0.2, 0) is 20.7 Å². The summed E-state index contributed by atoms with van der Waals surface area (Å²) >= 11 is 7.20. The Balaban J connectivity index is 2.08. The minimum atomic E-state index is -0.945. The molecule has 4 aromatic rings. The molecule has 0 spiro atoms. The van der Waals surface area contributed by atoms with Crippen LogP contribution >= 0.6 is 31.9 Å². The van der Waals surface area contributed by atoms with Gasteiger partial charge in [0.1, 0.15) is 0 Å². The summed E-state index contributed by atoms with van der Waals surface area (Å²) in [6, 6.07) is 42.5. The maximum Gasteiger partial charge on any atom is 0.155 e. The lowest BCUT2D eigenvalue weighted by molar-refractivity contribution is -0.183. The molecule has 4 aromatic carbocycles. The van der Waals surface area contributed by atoms with Crippen molar-refractivity contribution in [3.05, 3.63) is 144 Å². The molecule has 4 rings (SSSR count). The second-order valence-electron chi connectivity index (χ2n) is 9.32. The van der Waals surface area contributed by atoms with Gasteiger partial charge < -0.3 is 9.47 Å². The molecule has 0 bridgehead atoms. The fourth-order valence-corrected chi connectivity index (χ4v) is 6.01. The largest absolute Gasteiger partial charge is 0.362 e. The number of hydrogen-bond donors (Lipinski definition) is 0. The third-order valence-electron chi connectivity index (χ3n) is 6.91. The number of hydrogen-bond acceptors (Lipinski definition) is 2. The number of ether oxygens (including phenoxy) is 2. The average molecular weight is 636 g/mol. The van der Waals surface area contributed by atoms with Gasteiger partial charge in [-0.2, -0.15) is 0 Å². The maximum absolute atomic E-state index is 7.28. The van der Waals surface area contributed by atoms with Crippen LogP contribution in [0.2, 0.25) is 0 Å². The Morgan fingerprint density at radius 1 is 0.395 bits per heavy atom. The normalized spacial score (nSPS) is 11.9. The lowest BCUT2D eigenvalue weighted by Gasteiger charge is -2.51. The molecule has 38 heavy (non-hydrogen) atoms. The molecule has 0 aromatic heterocycles. The van der Waals surface area contributed by atoms with Crippen molar-refractivity contribution >= 4 is 31.9 Å². The van der Waals surface area contributed by atoms with E-state index in [2.05, 4.69) is 153 Å². The van der Waals surface area contributed by atoms with E-state index in [1.807, 2.05) is 0 Å². The molecule has 0 aliphatic rings. The van der Waals surface area contributed by atoms with Crippen LogP contribution < -0.4 is 0 Å². The standard InChI is InChI=1S/C34H36Br2O2/c35-25-13-15-27-37-33(29-17-5-1-6-18-29,30-19-7-2-8-20-30)34(38-28-16-14-26-36,31-21-9-3-10-22-31)32-23-11-4-12-24-32/h1-12,17-24H,13-16,25-28H2. The minimum Gasteiger partial charge on any atom is -0.362 e. The number of halogens is 2. The zero-order valence-electron chi connectivity index (χ0n) is 21.8. The first kappa shape index (κ1) is 28.8. The third kappa shape index (κ3) is 6.15. The van der Waals surface area contributed by atoms with E-state index < -0.39 is 11.2 Å². The van der Waals surface area contributed by atoms with Crippen molar-refractivity contribution in [1.82, 2.24) is 0 Å². The van der Waals surface area contributed by atoms with E-state index in [-0.39, 0.29) is 0 Å². The topological polar surface area (TPSA) is 18.5 Å². The van der Waals surface area contributed by atoms with Crippen LogP contribution in [0.25, 0.3) is 0 Å². The Kier molecular flexibility index (Phi) is 11.2. The molecule has 0 aliphatic heterocycles. The van der Waals surface area contributed by atoms with Gasteiger partial charge in [-0.3, -0.25) is 0 Å². The Labute approximate surface area is 244 Å². The van der Waals surface area contributed by atoms with Crippen LogP contribution in [-0.4, -0.2) is 23.9 Å². The molecular formula is C34H36Br2O2. The molecule has 0 N–H and O–H groups in total. The van der Waals surface area contributed by atoms with E-state index in [0.717, 1.165) is 58.6 Å². The van der Waals surface area contributed by atoms with Crippen LogP contribution in [0.1, 0.15) is 47.9 Å². The second kappa shape index (κ2) is 14.8. The summed E-state index contributed by atoms with van der Waals surface area (Å²) in [4.78, 5) is 0. The molecular weight excluding hydrogens is 600 g/mol. The minimum absolute atomic E-state index is 0.599. The number of unbranched alkanes of at least 4 members (excludes halogenated alkanes) is 2. The van der Waals surface area contributed by atoms with Crippen LogP contribution in [0.4, 0.5) is 0 Å². The van der Waals surface area contributed by atoms with Gasteiger partial charge >= 0.3 is 0 Å². The molecule has 4 heteroatoms. The Morgan fingerprint density at radius 3 is 0.895 bits per heavy atom. The van der Waals surface area contributed by atoms with Gasteiger partial charge in [-0.15, -0.1) is 0 Å². The predicted molar refractivity (Wildman–Crippen MR) is 165 cm³/mol. The van der Waals surface area contributed by atoms with Gasteiger partial charge in [0.15, 0.2) is 11.2 Å². The van der Waals surface area contributed by atoms with E-state index in [1.165, 1.54) is 0 Å². The molecule has 198 valence electrons. The van der Waals surface area contributed by atoms with Gasteiger partial charge in [-0.1, -0.05) is 153 Å². The fourth-order valence-electron chi connectivity index (χ4n) is 5.22. The molecule has 0 saturated heterocycles. The summed E-state index contributed by atoms with van der Waals surface area (Å²) in [6.45, 7) is 1.20. The van der Waals surface area contributed by atoms with E-state index >= 15 is 0 Å². The zero-order valence-corrected chi connectivity index (χ0v) is 24.9. The summed E-state index contributed by atoms with van der Waals surface area (Å²) in [5, 5.41) is 1.90. The van der Waals surface area contributed by atoms with Crippen LogP contribution in [0.15, 0.2) is 121 Å². The zero-order chi connectivity index (χ0) is 26.5. The maximum atomic E-state index is 7.28. The summed E-state index contributed by atoms with van der Waals surface area (Å²) in [5.74, 6) is 0. The van der Waals surface area contributed by atoms with Crippen molar-refractivity contribution in [2.24, 2.45) is 0 Å². The molecule has 0 saturated carbocycles. The van der Waals surface area contributed by atoms with Crippen molar-refractivity contribution < 1.29 is 9.47 Å². The highest BCUT2D eigenvalue weighted by Gasteiger charge is 2.58. The summed E-state index contributed by atoms with van der Waals surface area (Å²) in [7, 11) is 0. The van der Waals surface area contributed by atoms with E-state index in [4.69, 9.17) is 9.47 Å². The SMILES string of the molecule is BrCCCCOC(c1ccccc1)(c1ccccc1)C(OCCCCBr)(c1ccccc1)c1ccccc1. The Hall–Kier alpha value is -2.24. The lowest BCUT2D eigenvalue weighted by atomic mass is 9.65. The summed E-state index contributed by atoms with van der Waals surface area (Å²) in [5.41, 5.74) is 2.38. The first-order valence-electron chi connectivity index (χ1n) is 13.4. The molecule has 0 atom stereocenters. The van der Waals surface area contributed by atoms with Crippen molar-refractivity contribution in [2.75, 3.05) is 23.9 Å². The number of alkyl halides is 2. The quantitative estimate of drug-likeness (QED) is 0.0957. The van der Waals surface area contributed by atoms with Gasteiger partial charge in [0, 0.05) is 23.9 Å². The molecule has 0 amide bonds. The van der Waals surface area contributed by atoms with Gasteiger partial charge in [0.2, 0.25) is 0 Å². The van der Waals surface area contributed by atoms with Crippen molar-refractivity contribution in [1.29, 1.82) is 0 Å². The monoisotopic (exact) mass is 634 g/mol. The van der Waals surface area contributed by atoms with Gasteiger partial charge in [0.25, 0.3) is 0 Å². The number of rotatable bonds is 15. The predicted octanol–water partition coefficient (Wildman–Crippen LogP) is 9.26. The highest BCUT2D eigenvalue weighted by Crippen LogP contribution is 2.54. The molecule has 0 unspecified atom stereocenters. The van der Waals surface area contributed by atoms with E-state index in [1.54, 1.807) is 0 Å². The molecule has 0 radical (unpaired) electrons. The number of benzene rings is 4. The second-order valence-corrected chi connectivity index (χ2v) is 10.9. The lowest BCUT2D eigenvalue weighted by Crippen LogP contribution is -2.55. The Bertz CT molecular complexity index is 1010. The smallest absolute Gasteiger partial charge is 0.155 e. The van der Waals surface area contributed by atoms with Crippen LogP contribution in [0, 0.1) is 0 Å². The van der Waals surface area contributed by atoms with Crippen molar-refractivity contribution in [3.8, 4) is 0 Å². The van der Waals surface area contributed by atoms with Crippen molar-refractivity contribution in [3.63, 3.8) is 0 Å². The van der Waals surface area contributed by atoms with Crippen LogP contribution in [0.3, 0.4) is 0 Å². The van der Waals surface area contributed by atoms with Gasteiger partial charge in [0.05, 0.1) is 0 Å². The molecule has 0 fully saturated rings. The first-order valence-corrected chi connectivity index (χ1v) is 15.7. The van der Waals surface area contributed by atoms with Crippen molar-refractivity contribution in [2.45, 2.75) is 36.9 Å². The highest BCUT2D eigenvalue weighted by atomic mass is 79.9. The summed E-state index contributed by atoms with van der Waals surface area (Å²) in [6.07, 6.45) is 3.96. The molecule has 0 aliphatic carbocycles. The third-order valence-corrected chi connectivity index (χ3v) is 8.03. The summed E-state index contributed by atoms with van der Waals surface area (Å²) < 4.78 is 14.6. The van der Waals surface area contributed by atoms with E-state index in [9.17, 15) is 0 Å². The Morgan fingerprint density at radius 2 is 0.658 bits per heavy atom. The first-order chi connectivity index (χ1) is 18.8. The van der Waals surface area contributed by atoms with Crippen LogP contribution in [0.5, 0.6) is 0 Å². The molecule has 2 nitrogen and oxygen atoms in total. The average Bonchev–Trinajstić information content (AvgIpc) is 3.00. The fraction of sp³-hybridized carbons (Fsp3) is 0.294. The molecule has 0 heterocycles. The highest BCUT2D eigenvalue weighted by molar-refractivity contribution is 9.09. The van der Waals surface area contributed by atoms with Gasteiger partial charge in [-0.05, 0) is 47.9 Å².